The summed E-state index contributed by atoms with van der Waals surface area (Å²) in [5.41, 5.74) is 0.828. The van der Waals surface area contributed by atoms with Crippen molar-refractivity contribution in [3.63, 3.8) is 0 Å². The molecule has 0 fully saturated rings. The number of rotatable bonds is 6. The maximum atomic E-state index is 5.33. The summed E-state index contributed by atoms with van der Waals surface area (Å²) in [6.45, 7) is 0. The quantitative estimate of drug-likeness (QED) is 0.845. The number of hydrogen-bond acceptors (Lipinski definition) is 5. The van der Waals surface area contributed by atoms with Crippen molar-refractivity contribution >= 4 is 0 Å². The van der Waals surface area contributed by atoms with E-state index in [4.69, 9.17) is 9.15 Å². The van der Waals surface area contributed by atoms with Crippen LogP contribution in [0.3, 0.4) is 0 Å². The standard InChI is InChI=1S/C13H17N3O2/c1-14-11(6-5-10-4-3-9-18-10)12-13(17-2)16-8-7-15-12/h3-4,7-9,11,14H,5-6H2,1-2H3. The molecule has 1 unspecified atom stereocenters. The van der Waals surface area contributed by atoms with E-state index in [2.05, 4.69) is 15.3 Å². The van der Waals surface area contributed by atoms with Gasteiger partial charge in [0.2, 0.25) is 5.88 Å². The van der Waals surface area contributed by atoms with Crippen LogP contribution in [0.5, 0.6) is 5.88 Å². The van der Waals surface area contributed by atoms with Crippen molar-refractivity contribution in [1.29, 1.82) is 0 Å². The maximum Gasteiger partial charge on any atom is 0.236 e. The molecule has 0 aliphatic heterocycles. The van der Waals surface area contributed by atoms with Gasteiger partial charge in [0.1, 0.15) is 11.5 Å². The fraction of sp³-hybridized carbons (Fsp3) is 0.385. The number of aryl methyl sites for hydroxylation is 1. The molecule has 18 heavy (non-hydrogen) atoms. The minimum atomic E-state index is 0.0961. The van der Waals surface area contributed by atoms with Gasteiger partial charge in [0.25, 0.3) is 0 Å². The average Bonchev–Trinajstić information content (AvgIpc) is 2.93. The molecule has 0 aliphatic rings. The first-order valence-corrected chi connectivity index (χ1v) is 5.89. The maximum absolute atomic E-state index is 5.33. The van der Waals surface area contributed by atoms with E-state index in [1.807, 2.05) is 19.2 Å². The van der Waals surface area contributed by atoms with E-state index >= 15 is 0 Å². The zero-order chi connectivity index (χ0) is 12.8. The molecule has 2 aromatic heterocycles. The fourth-order valence-electron chi connectivity index (χ4n) is 1.89. The molecule has 1 N–H and O–H groups in total. The number of aromatic nitrogens is 2. The van der Waals surface area contributed by atoms with Gasteiger partial charge in [0.15, 0.2) is 0 Å². The molecule has 0 aliphatic carbocycles. The van der Waals surface area contributed by atoms with Crippen LogP contribution in [0, 0.1) is 0 Å². The Kier molecular flexibility index (Phi) is 4.30. The Hall–Kier alpha value is -1.88. The van der Waals surface area contributed by atoms with E-state index in [0.717, 1.165) is 24.3 Å². The van der Waals surface area contributed by atoms with Crippen LogP contribution in [0.25, 0.3) is 0 Å². The van der Waals surface area contributed by atoms with Crippen molar-refractivity contribution < 1.29 is 9.15 Å². The molecule has 1 atom stereocenters. The summed E-state index contributed by atoms with van der Waals surface area (Å²) in [5, 5.41) is 3.23. The second-order valence-corrected chi connectivity index (χ2v) is 3.91. The molecule has 2 aromatic rings. The van der Waals surface area contributed by atoms with Crippen molar-refractivity contribution in [3.8, 4) is 5.88 Å². The lowest BCUT2D eigenvalue weighted by Crippen LogP contribution is -2.19. The SMILES string of the molecule is CNC(CCc1ccco1)c1nccnc1OC. The second-order valence-electron chi connectivity index (χ2n) is 3.91. The second kappa shape index (κ2) is 6.16. The van der Waals surface area contributed by atoms with Crippen molar-refractivity contribution in [2.75, 3.05) is 14.2 Å². The lowest BCUT2D eigenvalue weighted by Gasteiger charge is -2.16. The fourth-order valence-corrected chi connectivity index (χ4v) is 1.89. The Bertz CT molecular complexity index is 471. The Morgan fingerprint density at radius 1 is 1.39 bits per heavy atom. The van der Waals surface area contributed by atoms with Gasteiger partial charge in [-0.15, -0.1) is 0 Å². The van der Waals surface area contributed by atoms with Crippen LogP contribution in [0.4, 0.5) is 0 Å². The summed E-state index contributed by atoms with van der Waals surface area (Å²) in [6, 6.07) is 3.96. The Labute approximate surface area is 106 Å². The van der Waals surface area contributed by atoms with Gasteiger partial charge in [-0.1, -0.05) is 0 Å². The number of hydrogen-bond donors (Lipinski definition) is 1. The van der Waals surface area contributed by atoms with Crippen LogP contribution in [0.1, 0.15) is 23.9 Å². The highest BCUT2D eigenvalue weighted by molar-refractivity contribution is 5.21. The predicted molar refractivity (Wildman–Crippen MR) is 67.4 cm³/mol. The van der Waals surface area contributed by atoms with Crippen LogP contribution in [-0.4, -0.2) is 24.1 Å². The van der Waals surface area contributed by atoms with E-state index in [1.165, 1.54) is 0 Å². The molecule has 0 aromatic carbocycles. The van der Waals surface area contributed by atoms with Gasteiger partial charge in [-0.05, 0) is 25.6 Å². The van der Waals surface area contributed by atoms with E-state index in [0.29, 0.717) is 5.88 Å². The molecule has 0 saturated carbocycles. The summed E-state index contributed by atoms with van der Waals surface area (Å²) in [4.78, 5) is 8.50. The van der Waals surface area contributed by atoms with Crippen molar-refractivity contribution in [3.05, 3.63) is 42.2 Å². The molecule has 0 bridgehead atoms. The number of nitrogens with one attached hydrogen (secondary N) is 1. The largest absolute Gasteiger partial charge is 0.480 e. The molecule has 0 amide bonds. The van der Waals surface area contributed by atoms with Crippen LogP contribution < -0.4 is 10.1 Å². The molecule has 0 saturated heterocycles. The third-order valence-electron chi connectivity index (χ3n) is 2.82. The Morgan fingerprint density at radius 2 is 2.22 bits per heavy atom. The van der Waals surface area contributed by atoms with Crippen LogP contribution in [0.2, 0.25) is 0 Å². The number of furan rings is 1. The molecular formula is C13H17N3O2. The monoisotopic (exact) mass is 247 g/mol. The topological polar surface area (TPSA) is 60.2 Å². The Balaban J connectivity index is 2.08. The van der Waals surface area contributed by atoms with Gasteiger partial charge in [-0.25, -0.2) is 4.98 Å². The van der Waals surface area contributed by atoms with Crippen LogP contribution in [0.15, 0.2) is 35.2 Å². The molecule has 5 heteroatoms. The van der Waals surface area contributed by atoms with Crippen LogP contribution >= 0.6 is 0 Å². The first-order chi connectivity index (χ1) is 8.85. The van der Waals surface area contributed by atoms with E-state index in [1.54, 1.807) is 25.8 Å². The average molecular weight is 247 g/mol. The highest BCUT2D eigenvalue weighted by Gasteiger charge is 2.17. The van der Waals surface area contributed by atoms with Gasteiger partial charge in [-0.2, -0.15) is 0 Å². The first kappa shape index (κ1) is 12.6. The molecule has 96 valence electrons. The van der Waals surface area contributed by atoms with Gasteiger partial charge in [-0.3, -0.25) is 4.98 Å². The summed E-state index contributed by atoms with van der Waals surface area (Å²) < 4.78 is 10.6. The van der Waals surface area contributed by atoms with Gasteiger partial charge < -0.3 is 14.5 Å². The van der Waals surface area contributed by atoms with Gasteiger partial charge in [0.05, 0.1) is 19.4 Å². The van der Waals surface area contributed by atoms with E-state index in [9.17, 15) is 0 Å². The molecule has 2 rings (SSSR count). The molecule has 0 radical (unpaired) electrons. The highest BCUT2D eigenvalue weighted by Crippen LogP contribution is 2.23. The zero-order valence-corrected chi connectivity index (χ0v) is 10.6. The zero-order valence-electron chi connectivity index (χ0n) is 10.6. The smallest absolute Gasteiger partial charge is 0.236 e. The molecular weight excluding hydrogens is 230 g/mol. The van der Waals surface area contributed by atoms with E-state index < -0.39 is 0 Å². The summed E-state index contributed by atoms with van der Waals surface area (Å²) in [5.74, 6) is 1.54. The summed E-state index contributed by atoms with van der Waals surface area (Å²) in [7, 11) is 3.51. The minimum Gasteiger partial charge on any atom is -0.480 e. The van der Waals surface area contributed by atoms with Gasteiger partial charge >= 0.3 is 0 Å². The normalized spacial score (nSPS) is 12.3. The van der Waals surface area contributed by atoms with Crippen LogP contribution in [-0.2, 0) is 6.42 Å². The van der Waals surface area contributed by atoms with Crippen molar-refractivity contribution in [2.24, 2.45) is 0 Å². The lowest BCUT2D eigenvalue weighted by molar-refractivity contribution is 0.374. The summed E-state index contributed by atoms with van der Waals surface area (Å²) in [6.07, 6.45) is 6.71. The predicted octanol–water partition coefficient (Wildman–Crippen LogP) is 1.97. The number of nitrogens with zero attached hydrogens (tertiary/aromatic N) is 2. The number of methoxy groups -OCH3 is 1. The van der Waals surface area contributed by atoms with Crippen molar-refractivity contribution in [1.82, 2.24) is 15.3 Å². The molecule has 0 spiro atoms. The molecule has 5 nitrogen and oxygen atoms in total. The van der Waals surface area contributed by atoms with Gasteiger partial charge in [0, 0.05) is 18.8 Å². The number of ether oxygens (including phenoxy) is 1. The lowest BCUT2D eigenvalue weighted by atomic mass is 10.1. The minimum absolute atomic E-state index is 0.0961. The summed E-state index contributed by atoms with van der Waals surface area (Å²) >= 11 is 0. The third kappa shape index (κ3) is 2.87. The van der Waals surface area contributed by atoms with Crippen molar-refractivity contribution in [2.45, 2.75) is 18.9 Å². The highest BCUT2D eigenvalue weighted by atomic mass is 16.5. The Morgan fingerprint density at radius 3 is 2.89 bits per heavy atom. The third-order valence-corrected chi connectivity index (χ3v) is 2.82. The molecule has 2 heterocycles. The van der Waals surface area contributed by atoms with E-state index in [-0.39, 0.29) is 6.04 Å². The first-order valence-electron chi connectivity index (χ1n) is 5.89.